The normalized spacial score (nSPS) is 25.0. The first-order valence-electron chi connectivity index (χ1n) is 8.03. The fraction of sp³-hybridized carbons (Fsp3) is 0.500. The standard InChI is InChI=1S/C18H22ClNO2/c19-17-5-1-14(2-6-17)13-16-4-3-15(18(16)21)7-8-20-9-11-22-12-10-20/h1-2,5-6,13,15H,3-4,7-12H2. The second kappa shape index (κ2) is 7.40. The van der Waals surface area contributed by atoms with Gasteiger partial charge in [-0.05, 0) is 55.2 Å². The molecular weight excluding hydrogens is 298 g/mol. The van der Waals surface area contributed by atoms with Crippen molar-refractivity contribution in [2.24, 2.45) is 5.92 Å². The number of ether oxygens (including phenoxy) is 1. The topological polar surface area (TPSA) is 29.5 Å². The molecule has 1 aromatic rings. The zero-order valence-electron chi connectivity index (χ0n) is 12.8. The SMILES string of the molecule is O=C1C(=Cc2ccc(Cl)cc2)CCC1CCN1CCOCC1. The second-order valence-corrected chi connectivity index (χ2v) is 6.50. The Kier molecular flexibility index (Phi) is 5.29. The summed E-state index contributed by atoms with van der Waals surface area (Å²) in [4.78, 5) is 14.9. The summed E-state index contributed by atoms with van der Waals surface area (Å²) in [6, 6.07) is 7.65. The van der Waals surface area contributed by atoms with Crippen molar-refractivity contribution in [3.05, 3.63) is 40.4 Å². The first-order valence-corrected chi connectivity index (χ1v) is 8.40. The fourth-order valence-electron chi connectivity index (χ4n) is 3.19. The maximum atomic E-state index is 12.5. The van der Waals surface area contributed by atoms with Crippen LogP contribution in [0.5, 0.6) is 0 Å². The summed E-state index contributed by atoms with van der Waals surface area (Å²) in [5, 5.41) is 0.725. The van der Waals surface area contributed by atoms with Crippen molar-refractivity contribution in [1.82, 2.24) is 4.90 Å². The number of hydrogen-bond donors (Lipinski definition) is 0. The van der Waals surface area contributed by atoms with E-state index in [1.165, 1.54) is 0 Å². The summed E-state index contributed by atoms with van der Waals surface area (Å²) >= 11 is 5.89. The molecule has 0 radical (unpaired) electrons. The molecule has 3 nitrogen and oxygen atoms in total. The maximum absolute atomic E-state index is 12.5. The molecule has 22 heavy (non-hydrogen) atoms. The number of rotatable bonds is 4. The molecule has 1 aliphatic heterocycles. The maximum Gasteiger partial charge on any atom is 0.162 e. The Labute approximate surface area is 136 Å². The van der Waals surface area contributed by atoms with Gasteiger partial charge in [-0.1, -0.05) is 23.7 Å². The van der Waals surface area contributed by atoms with Crippen molar-refractivity contribution in [3.63, 3.8) is 0 Å². The molecule has 1 aromatic carbocycles. The van der Waals surface area contributed by atoms with Crippen molar-refractivity contribution in [2.45, 2.75) is 19.3 Å². The molecule has 1 saturated heterocycles. The van der Waals surface area contributed by atoms with Crippen molar-refractivity contribution < 1.29 is 9.53 Å². The Morgan fingerprint density at radius 1 is 1.23 bits per heavy atom. The van der Waals surface area contributed by atoms with Gasteiger partial charge in [-0.25, -0.2) is 0 Å². The third-order valence-corrected chi connectivity index (χ3v) is 4.81. The summed E-state index contributed by atoms with van der Waals surface area (Å²) in [6.45, 7) is 4.64. The van der Waals surface area contributed by atoms with Gasteiger partial charge < -0.3 is 4.74 Å². The highest BCUT2D eigenvalue weighted by Crippen LogP contribution is 2.31. The van der Waals surface area contributed by atoms with E-state index in [1.54, 1.807) is 0 Å². The number of nitrogens with zero attached hydrogens (tertiary/aromatic N) is 1. The van der Waals surface area contributed by atoms with Crippen LogP contribution in [0.4, 0.5) is 0 Å². The molecule has 1 aliphatic carbocycles. The molecular formula is C18H22ClNO2. The number of ketones is 1. The molecule has 3 rings (SSSR count). The number of Topliss-reactive ketones (excluding diaryl/α,β-unsaturated/α-hetero) is 1. The van der Waals surface area contributed by atoms with Crippen LogP contribution in [0.2, 0.25) is 5.02 Å². The summed E-state index contributed by atoms with van der Waals surface area (Å²) < 4.78 is 5.36. The number of carbonyl (C=O) groups excluding carboxylic acids is 1. The zero-order chi connectivity index (χ0) is 15.4. The van der Waals surface area contributed by atoms with Crippen molar-refractivity contribution in [2.75, 3.05) is 32.8 Å². The van der Waals surface area contributed by atoms with E-state index in [0.717, 1.165) is 68.3 Å². The smallest absolute Gasteiger partial charge is 0.162 e. The molecule has 1 unspecified atom stereocenters. The molecule has 1 heterocycles. The Bertz CT molecular complexity index is 547. The van der Waals surface area contributed by atoms with Crippen molar-refractivity contribution in [1.29, 1.82) is 0 Å². The molecule has 4 heteroatoms. The quantitative estimate of drug-likeness (QED) is 0.796. The molecule has 0 spiro atoms. The van der Waals surface area contributed by atoms with Crippen LogP contribution in [-0.2, 0) is 9.53 Å². The van der Waals surface area contributed by atoms with E-state index in [4.69, 9.17) is 16.3 Å². The molecule has 1 saturated carbocycles. The number of carbonyl (C=O) groups is 1. The highest BCUT2D eigenvalue weighted by Gasteiger charge is 2.29. The van der Waals surface area contributed by atoms with Gasteiger partial charge in [-0.15, -0.1) is 0 Å². The molecule has 1 atom stereocenters. The predicted octanol–water partition coefficient (Wildman–Crippen LogP) is 3.42. The van der Waals surface area contributed by atoms with Crippen LogP contribution in [0.25, 0.3) is 6.08 Å². The van der Waals surface area contributed by atoms with Crippen LogP contribution in [0.15, 0.2) is 29.8 Å². The summed E-state index contributed by atoms with van der Waals surface area (Å²) in [6.07, 6.45) is 4.88. The summed E-state index contributed by atoms with van der Waals surface area (Å²) in [5.74, 6) is 0.532. The van der Waals surface area contributed by atoms with Crippen molar-refractivity contribution in [3.8, 4) is 0 Å². The van der Waals surface area contributed by atoms with Gasteiger partial charge in [0, 0.05) is 24.0 Å². The van der Waals surface area contributed by atoms with E-state index in [-0.39, 0.29) is 5.92 Å². The molecule has 118 valence electrons. The fourth-order valence-corrected chi connectivity index (χ4v) is 3.31. The van der Waals surface area contributed by atoms with Gasteiger partial charge in [0.2, 0.25) is 0 Å². The Balaban J connectivity index is 1.56. The lowest BCUT2D eigenvalue weighted by atomic mass is 10.0. The lowest BCUT2D eigenvalue weighted by Gasteiger charge is -2.27. The lowest BCUT2D eigenvalue weighted by Crippen LogP contribution is -2.37. The minimum Gasteiger partial charge on any atom is -0.379 e. The van der Waals surface area contributed by atoms with Gasteiger partial charge in [0.25, 0.3) is 0 Å². The largest absolute Gasteiger partial charge is 0.379 e. The Morgan fingerprint density at radius 2 is 1.95 bits per heavy atom. The average molecular weight is 320 g/mol. The van der Waals surface area contributed by atoms with E-state index >= 15 is 0 Å². The van der Waals surface area contributed by atoms with E-state index < -0.39 is 0 Å². The third kappa shape index (κ3) is 3.97. The number of morpholine rings is 1. The van der Waals surface area contributed by atoms with Crippen LogP contribution in [0.3, 0.4) is 0 Å². The summed E-state index contributed by atoms with van der Waals surface area (Å²) in [7, 11) is 0. The first kappa shape index (κ1) is 15.7. The van der Waals surface area contributed by atoms with Gasteiger partial charge in [-0.2, -0.15) is 0 Å². The Hall–Kier alpha value is -1.16. The molecule has 2 aliphatic rings. The van der Waals surface area contributed by atoms with Crippen LogP contribution in [-0.4, -0.2) is 43.5 Å². The predicted molar refractivity (Wildman–Crippen MR) is 89.0 cm³/mol. The zero-order valence-corrected chi connectivity index (χ0v) is 13.5. The molecule has 0 bridgehead atoms. The number of hydrogen-bond acceptors (Lipinski definition) is 3. The van der Waals surface area contributed by atoms with Crippen LogP contribution < -0.4 is 0 Å². The van der Waals surface area contributed by atoms with Crippen molar-refractivity contribution >= 4 is 23.5 Å². The molecule has 0 amide bonds. The first-order chi connectivity index (χ1) is 10.7. The van der Waals surface area contributed by atoms with Gasteiger partial charge >= 0.3 is 0 Å². The second-order valence-electron chi connectivity index (χ2n) is 6.06. The number of benzene rings is 1. The van der Waals surface area contributed by atoms with Gasteiger partial charge in [0.1, 0.15) is 0 Å². The van der Waals surface area contributed by atoms with Crippen LogP contribution in [0, 0.1) is 5.92 Å². The molecule has 0 aromatic heterocycles. The summed E-state index contributed by atoms with van der Waals surface area (Å²) in [5.41, 5.74) is 2.02. The van der Waals surface area contributed by atoms with Crippen LogP contribution in [0.1, 0.15) is 24.8 Å². The minimum absolute atomic E-state index is 0.196. The highest BCUT2D eigenvalue weighted by atomic mass is 35.5. The molecule has 0 N–H and O–H groups in total. The minimum atomic E-state index is 0.196. The van der Waals surface area contributed by atoms with Crippen LogP contribution >= 0.6 is 11.6 Å². The van der Waals surface area contributed by atoms with E-state index in [0.29, 0.717) is 5.78 Å². The third-order valence-electron chi connectivity index (χ3n) is 4.56. The number of halogens is 1. The van der Waals surface area contributed by atoms with Gasteiger partial charge in [-0.3, -0.25) is 9.69 Å². The van der Waals surface area contributed by atoms with E-state index in [1.807, 2.05) is 30.3 Å². The lowest BCUT2D eigenvalue weighted by molar-refractivity contribution is -0.118. The van der Waals surface area contributed by atoms with E-state index in [2.05, 4.69) is 4.90 Å². The highest BCUT2D eigenvalue weighted by molar-refractivity contribution is 6.30. The van der Waals surface area contributed by atoms with Gasteiger partial charge in [0.05, 0.1) is 13.2 Å². The Morgan fingerprint density at radius 3 is 2.68 bits per heavy atom. The average Bonchev–Trinajstić information content (AvgIpc) is 2.89. The molecule has 2 fully saturated rings. The van der Waals surface area contributed by atoms with E-state index in [9.17, 15) is 4.79 Å². The van der Waals surface area contributed by atoms with Gasteiger partial charge in [0.15, 0.2) is 5.78 Å². The number of allylic oxidation sites excluding steroid dienone is 1. The monoisotopic (exact) mass is 319 g/mol.